The maximum atomic E-state index is 3.66. The Labute approximate surface area is 64.6 Å². The lowest BCUT2D eigenvalue weighted by molar-refractivity contribution is 0.557. The monoisotopic (exact) mass is 138 g/mol. The fraction of sp³-hybridized carbons (Fsp3) is 0.600. The molecule has 1 unspecified atom stereocenters. The van der Waals surface area contributed by atoms with Crippen molar-refractivity contribution in [3.63, 3.8) is 0 Å². The quantitative estimate of drug-likeness (QED) is 0.521. The van der Waals surface area contributed by atoms with Gasteiger partial charge in [0.05, 0.1) is 0 Å². The Morgan fingerprint density at radius 3 is 2.60 bits per heavy atom. The first-order valence-corrected chi connectivity index (χ1v) is 3.98. The van der Waals surface area contributed by atoms with Crippen LogP contribution in [-0.2, 0) is 0 Å². The second-order valence-corrected chi connectivity index (χ2v) is 2.97. The Morgan fingerprint density at radius 2 is 2.20 bits per heavy atom. The predicted octanol–water partition coefficient (Wildman–Crippen LogP) is 3.55. The van der Waals surface area contributed by atoms with Crippen LogP contribution < -0.4 is 0 Å². The predicted molar refractivity (Wildman–Crippen MR) is 48.0 cm³/mol. The van der Waals surface area contributed by atoms with Crippen molar-refractivity contribution in [2.45, 2.75) is 33.6 Å². The van der Waals surface area contributed by atoms with Crippen LogP contribution >= 0.6 is 0 Å². The summed E-state index contributed by atoms with van der Waals surface area (Å²) in [4.78, 5) is 0. The van der Waals surface area contributed by atoms with Gasteiger partial charge in [-0.25, -0.2) is 0 Å². The molecule has 10 heavy (non-hydrogen) atoms. The summed E-state index contributed by atoms with van der Waals surface area (Å²) >= 11 is 0. The van der Waals surface area contributed by atoms with E-state index in [1.54, 1.807) is 0 Å². The van der Waals surface area contributed by atoms with Crippen LogP contribution in [-0.4, -0.2) is 0 Å². The molecule has 0 nitrogen and oxygen atoms in total. The van der Waals surface area contributed by atoms with Gasteiger partial charge in [-0.05, 0) is 19.3 Å². The van der Waals surface area contributed by atoms with E-state index in [0.717, 1.165) is 5.92 Å². The smallest absolute Gasteiger partial charge is 0.0294 e. The lowest BCUT2D eigenvalue weighted by Crippen LogP contribution is -1.91. The second kappa shape index (κ2) is 5.28. The van der Waals surface area contributed by atoms with Crippen LogP contribution in [0.4, 0.5) is 0 Å². The summed E-state index contributed by atoms with van der Waals surface area (Å²) in [6.45, 7) is 10.3. The van der Waals surface area contributed by atoms with Gasteiger partial charge >= 0.3 is 0 Å². The normalized spacial score (nSPS) is 14.9. The van der Waals surface area contributed by atoms with Crippen LogP contribution in [0.5, 0.6) is 0 Å². The molecule has 0 heterocycles. The van der Waals surface area contributed by atoms with Gasteiger partial charge < -0.3 is 0 Å². The minimum Gasteiger partial charge on any atom is -0.0991 e. The van der Waals surface area contributed by atoms with Crippen molar-refractivity contribution in [3.05, 3.63) is 24.3 Å². The van der Waals surface area contributed by atoms with Crippen molar-refractivity contribution in [1.82, 2.24) is 0 Å². The highest BCUT2D eigenvalue weighted by atomic mass is 14.0. The number of rotatable bonds is 4. The Hall–Kier alpha value is -0.520. The molecule has 0 N–H and O–H groups in total. The Morgan fingerprint density at radius 1 is 1.60 bits per heavy atom. The minimum atomic E-state index is 0.816. The average Bonchev–Trinajstić information content (AvgIpc) is 1.88. The molecule has 0 aromatic rings. The summed E-state index contributed by atoms with van der Waals surface area (Å²) in [5.41, 5.74) is 1.43. The Balaban J connectivity index is 3.66. The molecule has 0 saturated heterocycles. The summed E-state index contributed by atoms with van der Waals surface area (Å²) in [6, 6.07) is 0. The molecule has 0 saturated carbocycles. The maximum Gasteiger partial charge on any atom is -0.0294 e. The van der Waals surface area contributed by atoms with Gasteiger partial charge in [0.2, 0.25) is 0 Å². The molecular formula is C10H18. The molecule has 58 valence electrons. The lowest BCUT2D eigenvalue weighted by Gasteiger charge is -2.06. The lowest BCUT2D eigenvalue weighted by atomic mass is 10.00. The third kappa shape index (κ3) is 4.37. The molecule has 0 heteroatoms. The number of hydrogen-bond acceptors (Lipinski definition) is 0. The zero-order valence-corrected chi connectivity index (χ0v) is 7.35. The van der Waals surface area contributed by atoms with Gasteiger partial charge in [0.1, 0.15) is 0 Å². The summed E-state index contributed by atoms with van der Waals surface area (Å²) < 4.78 is 0. The van der Waals surface area contributed by atoms with Gasteiger partial charge in [-0.1, -0.05) is 44.6 Å². The van der Waals surface area contributed by atoms with Crippen molar-refractivity contribution in [2.24, 2.45) is 5.92 Å². The molecule has 0 aliphatic carbocycles. The molecule has 0 spiro atoms. The largest absolute Gasteiger partial charge is 0.0991 e. The number of allylic oxidation sites excluding steroid dienone is 3. The summed E-state index contributed by atoms with van der Waals surface area (Å²) in [5, 5.41) is 0. The van der Waals surface area contributed by atoms with Crippen LogP contribution in [0.15, 0.2) is 24.3 Å². The first-order valence-electron chi connectivity index (χ1n) is 3.98. The van der Waals surface area contributed by atoms with Gasteiger partial charge in [0, 0.05) is 0 Å². The fourth-order valence-electron chi connectivity index (χ4n) is 0.963. The van der Waals surface area contributed by atoms with Gasteiger partial charge in [0.25, 0.3) is 0 Å². The molecular weight excluding hydrogens is 120 g/mol. The van der Waals surface area contributed by atoms with E-state index in [9.17, 15) is 0 Å². The van der Waals surface area contributed by atoms with Crippen LogP contribution in [0.2, 0.25) is 0 Å². The third-order valence-electron chi connectivity index (χ3n) is 1.77. The van der Waals surface area contributed by atoms with E-state index >= 15 is 0 Å². The fourth-order valence-corrected chi connectivity index (χ4v) is 0.963. The van der Waals surface area contributed by atoms with Crippen molar-refractivity contribution in [3.8, 4) is 0 Å². The molecule has 0 aromatic heterocycles. The van der Waals surface area contributed by atoms with E-state index in [4.69, 9.17) is 0 Å². The van der Waals surface area contributed by atoms with Gasteiger partial charge in [-0.15, -0.1) is 0 Å². The Bertz CT molecular complexity index is 120. The molecule has 0 fully saturated rings. The third-order valence-corrected chi connectivity index (χ3v) is 1.77. The molecule has 1 atom stereocenters. The summed E-state index contributed by atoms with van der Waals surface area (Å²) in [6.07, 6.45) is 6.43. The van der Waals surface area contributed by atoms with Crippen molar-refractivity contribution in [2.75, 3.05) is 0 Å². The highest BCUT2D eigenvalue weighted by Gasteiger charge is 1.97. The highest BCUT2D eigenvalue weighted by molar-refractivity contribution is 5.07. The van der Waals surface area contributed by atoms with Crippen LogP contribution in [0.3, 0.4) is 0 Å². The van der Waals surface area contributed by atoms with Gasteiger partial charge in [0.15, 0.2) is 0 Å². The minimum absolute atomic E-state index is 0.816. The van der Waals surface area contributed by atoms with Crippen LogP contribution in [0.1, 0.15) is 33.6 Å². The standard InChI is InChI=1S/C10H18/c1-5-7-10(4)8-9(3)6-2/h5,7,9H,1,6,8H2,2-4H3. The first kappa shape index (κ1) is 9.48. The average molecular weight is 138 g/mol. The van der Waals surface area contributed by atoms with Crippen LogP contribution in [0.25, 0.3) is 0 Å². The SMILES string of the molecule is C=CC=C(C)CC(C)CC. The highest BCUT2D eigenvalue weighted by Crippen LogP contribution is 2.13. The summed E-state index contributed by atoms with van der Waals surface area (Å²) in [7, 11) is 0. The molecule has 0 radical (unpaired) electrons. The zero-order valence-electron chi connectivity index (χ0n) is 7.35. The molecule has 0 bridgehead atoms. The molecule has 0 rings (SSSR count). The maximum absolute atomic E-state index is 3.66. The molecule has 0 aliphatic rings. The Kier molecular flexibility index (Phi) is 5.00. The van der Waals surface area contributed by atoms with E-state index in [0.29, 0.717) is 0 Å². The van der Waals surface area contributed by atoms with Gasteiger partial charge in [-0.2, -0.15) is 0 Å². The van der Waals surface area contributed by atoms with Crippen molar-refractivity contribution in [1.29, 1.82) is 0 Å². The topological polar surface area (TPSA) is 0 Å². The van der Waals surface area contributed by atoms with Crippen molar-refractivity contribution >= 4 is 0 Å². The van der Waals surface area contributed by atoms with Gasteiger partial charge in [-0.3, -0.25) is 0 Å². The number of hydrogen-bond donors (Lipinski definition) is 0. The van der Waals surface area contributed by atoms with Crippen molar-refractivity contribution < 1.29 is 0 Å². The van der Waals surface area contributed by atoms with E-state index in [1.807, 2.05) is 6.08 Å². The van der Waals surface area contributed by atoms with E-state index in [-0.39, 0.29) is 0 Å². The van der Waals surface area contributed by atoms with E-state index in [1.165, 1.54) is 18.4 Å². The second-order valence-electron chi connectivity index (χ2n) is 2.97. The summed E-state index contributed by atoms with van der Waals surface area (Å²) in [5.74, 6) is 0.816. The first-order chi connectivity index (χ1) is 4.70. The van der Waals surface area contributed by atoms with Crippen LogP contribution in [0, 0.1) is 5.92 Å². The van der Waals surface area contributed by atoms with E-state index in [2.05, 4.69) is 33.4 Å². The molecule has 0 aromatic carbocycles. The molecule has 0 amide bonds. The van der Waals surface area contributed by atoms with E-state index < -0.39 is 0 Å². The molecule has 0 aliphatic heterocycles. The zero-order chi connectivity index (χ0) is 7.98.